The van der Waals surface area contributed by atoms with Crippen molar-refractivity contribution in [3.8, 4) is 0 Å². The van der Waals surface area contributed by atoms with Crippen molar-refractivity contribution in [1.29, 1.82) is 0 Å². The van der Waals surface area contributed by atoms with Gasteiger partial charge in [0.1, 0.15) is 0 Å². The van der Waals surface area contributed by atoms with E-state index in [1.165, 1.54) is 37.9 Å². The van der Waals surface area contributed by atoms with Crippen molar-refractivity contribution in [2.45, 2.75) is 51.1 Å². The summed E-state index contributed by atoms with van der Waals surface area (Å²) < 4.78 is 0. The summed E-state index contributed by atoms with van der Waals surface area (Å²) in [6, 6.07) is 2.49. The molecule has 1 aromatic rings. The lowest BCUT2D eigenvalue weighted by Crippen LogP contribution is -2.61. The van der Waals surface area contributed by atoms with Gasteiger partial charge in [0.15, 0.2) is 0 Å². The first-order valence-corrected chi connectivity index (χ1v) is 7.81. The molecule has 102 valence electrons. The molecule has 0 amide bonds. The standard InChI is InChI=1S/C14H25N3S/c1-14(2,17-7-4-3-5-8-17)13(16-15)10-12-6-9-18-11-12/h6,9,11,13,16H,3-5,7-8,10,15H2,1-2H3. The molecule has 1 atom stereocenters. The minimum absolute atomic E-state index is 0.108. The van der Waals surface area contributed by atoms with E-state index in [1.807, 2.05) is 0 Å². The Balaban J connectivity index is 2.04. The van der Waals surface area contributed by atoms with Crippen LogP contribution in [0.15, 0.2) is 16.8 Å². The van der Waals surface area contributed by atoms with Crippen LogP contribution in [0.1, 0.15) is 38.7 Å². The quantitative estimate of drug-likeness (QED) is 0.636. The number of rotatable bonds is 5. The summed E-state index contributed by atoms with van der Waals surface area (Å²) in [7, 11) is 0. The summed E-state index contributed by atoms with van der Waals surface area (Å²) in [4.78, 5) is 2.59. The molecule has 2 heterocycles. The van der Waals surface area contributed by atoms with Crippen molar-refractivity contribution in [3.05, 3.63) is 22.4 Å². The first-order valence-electron chi connectivity index (χ1n) is 6.87. The Morgan fingerprint density at radius 2 is 2.11 bits per heavy atom. The molecule has 0 spiro atoms. The fourth-order valence-corrected chi connectivity index (χ4v) is 3.53. The van der Waals surface area contributed by atoms with Crippen LogP contribution in [0, 0.1) is 0 Å². The molecule has 1 fully saturated rings. The zero-order valence-corrected chi connectivity index (χ0v) is 12.3. The van der Waals surface area contributed by atoms with E-state index in [9.17, 15) is 0 Å². The van der Waals surface area contributed by atoms with Gasteiger partial charge in [0.05, 0.1) is 0 Å². The Kier molecular flexibility index (Phi) is 4.78. The van der Waals surface area contributed by atoms with Crippen molar-refractivity contribution in [2.24, 2.45) is 5.84 Å². The van der Waals surface area contributed by atoms with E-state index in [1.54, 1.807) is 11.3 Å². The van der Waals surface area contributed by atoms with Crippen LogP contribution in [0.25, 0.3) is 0 Å². The van der Waals surface area contributed by atoms with Gasteiger partial charge in [0.25, 0.3) is 0 Å². The molecule has 0 bridgehead atoms. The van der Waals surface area contributed by atoms with E-state index in [0.29, 0.717) is 6.04 Å². The van der Waals surface area contributed by atoms with E-state index in [-0.39, 0.29) is 5.54 Å². The molecule has 1 unspecified atom stereocenters. The smallest absolute Gasteiger partial charge is 0.0429 e. The van der Waals surface area contributed by atoms with Gasteiger partial charge in [0, 0.05) is 11.6 Å². The van der Waals surface area contributed by atoms with E-state index < -0.39 is 0 Å². The fraction of sp³-hybridized carbons (Fsp3) is 0.714. The monoisotopic (exact) mass is 267 g/mol. The van der Waals surface area contributed by atoms with Gasteiger partial charge in [-0.15, -0.1) is 0 Å². The summed E-state index contributed by atoms with van der Waals surface area (Å²) in [5, 5.41) is 4.35. The zero-order chi connectivity index (χ0) is 13.0. The molecule has 1 aliphatic heterocycles. The summed E-state index contributed by atoms with van der Waals surface area (Å²) in [5.74, 6) is 5.81. The van der Waals surface area contributed by atoms with Crippen molar-refractivity contribution in [3.63, 3.8) is 0 Å². The lowest BCUT2D eigenvalue weighted by molar-refractivity contribution is 0.0611. The summed E-state index contributed by atoms with van der Waals surface area (Å²) >= 11 is 1.76. The van der Waals surface area contributed by atoms with Gasteiger partial charge in [-0.1, -0.05) is 6.42 Å². The molecule has 2 rings (SSSR count). The maximum Gasteiger partial charge on any atom is 0.0429 e. The third-order valence-electron chi connectivity index (χ3n) is 4.24. The molecule has 18 heavy (non-hydrogen) atoms. The molecule has 0 saturated carbocycles. The van der Waals surface area contributed by atoms with Crippen LogP contribution in [0.2, 0.25) is 0 Å². The molecule has 1 saturated heterocycles. The van der Waals surface area contributed by atoms with E-state index in [0.717, 1.165) is 6.42 Å². The molecule has 3 N–H and O–H groups in total. The number of hydrogen-bond donors (Lipinski definition) is 2. The fourth-order valence-electron chi connectivity index (χ4n) is 2.85. The topological polar surface area (TPSA) is 41.3 Å². The average Bonchev–Trinajstić information content (AvgIpc) is 2.89. The van der Waals surface area contributed by atoms with E-state index in [4.69, 9.17) is 5.84 Å². The summed E-state index contributed by atoms with van der Waals surface area (Å²) in [6.07, 6.45) is 5.01. The molecule has 0 aromatic carbocycles. The molecular weight excluding hydrogens is 242 g/mol. The van der Waals surface area contributed by atoms with Gasteiger partial charge >= 0.3 is 0 Å². The second kappa shape index (κ2) is 6.15. The number of hydrazine groups is 1. The second-order valence-corrected chi connectivity index (χ2v) is 6.54. The molecule has 1 aliphatic rings. The van der Waals surface area contributed by atoms with Crippen molar-refractivity contribution < 1.29 is 0 Å². The highest BCUT2D eigenvalue weighted by Gasteiger charge is 2.35. The van der Waals surface area contributed by atoms with Crippen molar-refractivity contribution in [2.75, 3.05) is 13.1 Å². The van der Waals surface area contributed by atoms with Gasteiger partial charge in [-0.25, -0.2) is 0 Å². The first-order chi connectivity index (χ1) is 8.64. The van der Waals surface area contributed by atoms with Gasteiger partial charge in [0.2, 0.25) is 0 Å². The maximum absolute atomic E-state index is 5.81. The van der Waals surface area contributed by atoms with Crippen LogP contribution in [0.4, 0.5) is 0 Å². The highest BCUT2D eigenvalue weighted by molar-refractivity contribution is 7.07. The number of nitrogens with one attached hydrogen (secondary N) is 1. The van der Waals surface area contributed by atoms with Crippen LogP contribution < -0.4 is 11.3 Å². The predicted molar refractivity (Wildman–Crippen MR) is 78.6 cm³/mol. The molecule has 0 radical (unpaired) electrons. The molecule has 4 heteroatoms. The van der Waals surface area contributed by atoms with Crippen LogP contribution in [0.3, 0.4) is 0 Å². The SMILES string of the molecule is CC(C)(C(Cc1ccsc1)NN)N1CCCCC1. The third kappa shape index (κ3) is 3.12. The number of likely N-dealkylation sites (tertiary alicyclic amines) is 1. The van der Waals surface area contributed by atoms with Crippen molar-refractivity contribution >= 4 is 11.3 Å². The van der Waals surface area contributed by atoms with Gasteiger partial charge < -0.3 is 0 Å². The molecular formula is C14H25N3S. The van der Waals surface area contributed by atoms with Crippen LogP contribution in [0.5, 0.6) is 0 Å². The first kappa shape index (κ1) is 14.0. The Morgan fingerprint density at radius 3 is 2.67 bits per heavy atom. The van der Waals surface area contributed by atoms with Crippen LogP contribution in [-0.2, 0) is 6.42 Å². The minimum atomic E-state index is 0.108. The van der Waals surface area contributed by atoms with Crippen molar-refractivity contribution in [1.82, 2.24) is 10.3 Å². The van der Waals surface area contributed by atoms with E-state index >= 15 is 0 Å². The summed E-state index contributed by atoms with van der Waals surface area (Å²) in [6.45, 7) is 7.04. The highest BCUT2D eigenvalue weighted by Crippen LogP contribution is 2.26. The Morgan fingerprint density at radius 1 is 1.39 bits per heavy atom. The second-order valence-electron chi connectivity index (χ2n) is 5.76. The average molecular weight is 267 g/mol. The largest absolute Gasteiger partial charge is 0.297 e. The van der Waals surface area contributed by atoms with Gasteiger partial charge in [-0.3, -0.25) is 16.2 Å². The lowest BCUT2D eigenvalue weighted by Gasteiger charge is -2.45. The molecule has 3 nitrogen and oxygen atoms in total. The maximum atomic E-state index is 5.81. The zero-order valence-electron chi connectivity index (χ0n) is 11.5. The van der Waals surface area contributed by atoms with E-state index in [2.05, 4.69) is 41.0 Å². The van der Waals surface area contributed by atoms with Gasteiger partial charge in [-0.2, -0.15) is 11.3 Å². The number of thiophene rings is 1. The van der Waals surface area contributed by atoms with Gasteiger partial charge in [-0.05, 0) is 68.6 Å². The molecule has 1 aromatic heterocycles. The highest BCUT2D eigenvalue weighted by atomic mass is 32.1. The number of piperidine rings is 1. The number of hydrogen-bond acceptors (Lipinski definition) is 4. The minimum Gasteiger partial charge on any atom is -0.297 e. The predicted octanol–water partition coefficient (Wildman–Crippen LogP) is 2.39. The number of nitrogens with two attached hydrogens (primary N) is 1. The Bertz CT molecular complexity index is 342. The summed E-state index contributed by atoms with van der Waals surface area (Å²) in [5.41, 5.74) is 4.53. The lowest BCUT2D eigenvalue weighted by atomic mass is 9.87. The Hall–Kier alpha value is -0.420. The van der Waals surface area contributed by atoms with Crippen LogP contribution >= 0.6 is 11.3 Å². The Labute approximate surface area is 114 Å². The molecule has 0 aliphatic carbocycles. The third-order valence-corrected chi connectivity index (χ3v) is 4.98. The normalized spacial score (nSPS) is 19.9. The number of nitrogens with zero attached hydrogens (tertiary/aromatic N) is 1. The van der Waals surface area contributed by atoms with Crippen LogP contribution in [-0.4, -0.2) is 29.6 Å².